The minimum absolute atomic E-state index is 0.0310. The molecule has 2 nitrogen and oxygen atoms in total. The second-order valence-electron chi connectivity index (χ2n) is 6.18. The van der Waals surface area contributed by atoms with Crippen LogP contribution in [-0.4, -0.2) is 5.60 Å². The van der Waals surface area contributed by atoms with E-state index in [0.29, 0.717) is 0 Å². The van der Waals surface area contributed by atoms with E-state index in [0.717, 1.165) is 41.2 Å². The van der Waals surface area contributed by atoms with Gasteiger partial charge < -0.3 is 10.5 Å². The van der Waals surface area contributed by atoms with Gasteiger partial charge in [-0.3, -0.25) is 0 Å². The van der Waals surface area contributed by atoms with Crippen molar-refractivity contribution in [2.45, 2.75) is 57.1 Å². The van der Waals surface area contributed by atoms with Crippen molar-refractivity contribution in [1.82, 2.24) is 0 Å². The van der Waals surface area contributed by atoms with E-state index in [1.54, 1.807) is 0 Å². The van der Waals surface area contributed by atoms with Crippen molar-refractivity contribution in [1.29, 1.82) is 0 Å². The van der Waals surface area contributed by atoms with Crippen LogP contribution < -0.4 is 10.5 Å². The Labute approximate surface area is 113 Å². The summed E-state index contributed by atoms with van der Waals surface area (Å²) in [5.74, 6) is 0.940. The van der Waals surface area contributed by atoms with Crippen LogP contribution in [0.25, 0.3) is 0 Å². The molecule has 0 radical (unpaired) electrons. The lowest BCUT2D eigenvalue weighted by atomic mass is 9.77. The van der Waals surface area contributed by atoms with Gasteiger partial charge in [-0.25, -0.2) is 0 Å². The van der Waals surface area contributed by atoms with Gasteiger partial charge in [-0.1, -0.05) is 11.6 Å². The molecule has 0 amide bonds. The van der Waals surface area contributed by atoms with Crippen LogP contribution in [-0.2, 0) is 5.54 Å². The van der Waals surface area contributed by atoms with Crippen molar-refractivity contribution in [2.24, 2.45) is 5.73 Å². The number of fused-ring (bicyclic) bond motifs is 1. The minimum atomic E-state index is -0.338. The molecular weight excluding hydrogens is 246 g/mol. The second kappa shape index (κ2) is 3.88. The third kappa shape index (κ3) is 1.83. The highest BCUT2D eigenvalue weighted by atomic mass is 35.5. The number of rotatable bonds is 0. The Morgan fingerprint density at radius 3 is 2.61 bits per heavy atom. The second-order valence-corrected chi connectivity index (χ2v) is 6.59. The monoisotopic (exact) mass is 265 g/mol. The van der Waals surface area contributed by atoms with Crippen LogP contribution in [0.3, 0.4) is 0 Å². The van der Waals surface area contributed by atoms with Crippen molar-refractivity contribution in [3.05, 3.63) is 28.3 Å². The molecule has 1 aliphatic carbocycles. The van der Waals surface area contributed by atoms with Gasteiger partial charge in [0.1, 0.15) is 11.4 Å². The van der Waals surface area contributed by atoms with Gasteiger partial charge in [0.05, 0.1) is 0 Å². The zero-order valence-electron chi connectivity index (χ0n) is 11.1. The maximum Gasteiger partial charge on any atom is 0.125 e. The Hall–Kier alpha value is -0.730. The van der Waals surface area contributed by atoms with E-state index in [9.17, 15) is 0 Å². The summed E-state index contributed by atoms with van der Waals surface area (Å²) < 4.78 is 6.31. The molecule has 3 rings (SSSR count). The molecule has 0 bridgehead atoms. The van der Waals surface area contributed by atoms with Gasteiger partial charge in [0.15, 0.2) is 0 Å². The number of hydrogen-bond acceptors (Lipinski definition) is 2. The molecule has 2 N–H and O–H groups in total. The predicted molar refractivity (Wildman–Crippen MR) is 74.2 cm³/mol. The van der Waals surface area contributed by atoms with E-state index in [1.165, 1.54) is 12.8 Å². The first-order valence-corrected chi connectivity index (χ1v) is 7.08. The number of halogens is 1. The summed E-state index contributed by atoms with van der Waals surface area (Å²) in [5.41, 5.74) is 8.26. The third-order valence-corrected chi connectivity index (χ3v) is 4.81. The maximum atomic E-state index is 6.52. The van der Waals surface area contributed by atoms with Crippen molar-refractivity contribution < 1.29 is 4.74 Å². The summed E-state index contributed by atoms with van der Waals surface area (Å²) in [6.07, 6.45) is 5.64. The first-order valence-electron chi connectivity index (χ1n) is 6.70. The van der Waals surface area contributed by atoms with Crippen LogP contribution in [0.4, 0.5) is 0 Å². The van der Waals surface area contributed by atoms with Crippen LogP contribution in [0.1, 0.15) is 50.2 Å². The molecule has 1 aromatic carbocycles. The quantitative estimate of drug-likeness (QED) is 0.772. The standard InChI is InChI=1S/C15H20ClNO/c1-10-7-13-11(8-12(10)16)14(2,17)9-15(18-13)5-3-4-6-15/h7-8H,3-6,9,17H2,1-2H3. The maximum absolute atomic E-state index is 6.52. The molecule has 1 aromatic rings. The van der Waals surface area contributed by atoms with Gasteiger partial charge in [-0.15, -0.1) is 0 Å². The molecule has 1 saturated carbocycles. The zero-order valence-corrected chi connectivity index (χ0v) is 11.8. The van der Waals surface area contributed by atoms with Gasteiger partial charge in [0.2, 0.25) is 0 Å². The number of nitrogens with two attached hydrogens (primary N) is 1. The Kier molecular flexibility index (Phi) is 2.65. The zero-order chi connectivity index (χ0) is 13.0. The summed E-state index contributed by atoms with van der Waals surface area (Å²) >= 11 is 6.21. The normalized spacial score (nSPS) is 29.1. The van der Waals surface area contributed by atoms with Crippen molar-refractivity contribution in [3.63, 3.8) is 0 Å². The molecule has 0 aromatic heterocycles. The molecule has 1 fully saturated rings. The Bertz CT molecular complexity index is 490. The topological polar surface area (TPSA) is 35.2 Å². The SMILES string of the molecule is Cc1cc2c(cc1Cl)C(C)(N)CC1(CCCC1)O2. The lowest BCUT2D eigenvalue weighted by Crippen LogP contribution is -2.49. The predicted octanol–water partition coefficient (Wildman–Crippen LogP) is 3.92. The van der Waals surface area contributed by atoms with E-state index >= 15 is 0 Å². The molecule has 1 unspecified atom stereocenters. The first kappa shape index (κ1) is 12.3. The molecule has 1 spiro atoms. The fraction of sp³-hybridized carbons (Fsp3) is 0.600. The van der Waals surface area contributed by atoms with Crippen LogP contribution in [0.15, 0.2) is 12.1 Å². The van der Waals surface area contributed by atoms with E-state index in [4.69, 9.17) is 22.1 Å². The van der Waals surface area contributed by atoms with Crippen LogP contribution in [0, 0.1) is 6.92 Å². The van der Waals surface area contributed by atoms with Crippen LogP contribution in [0.2, 0.25) is 5.02 Å². The first-order chi connectivity index (χ1) is 8.42. The fourth-order valence-corrected chi connectivity index (χ4v) is 3.68. The summed E-state index contributed by atoms with van der Waals surface area (Å²) in [5, 5.41) is 0.774. The Morgan fingerprint density at radius 1 is 1.28 bits per heavy atom. The molecule has 2 aliphatic rings. The van der Waals surface area contributed by atoms with Crippen molar-refractivity contribution in [3.8, 4) is 5.75 Å². The smallest absolute Gasteiger partial charge is 0.125 e. The van der Waals surface area contributed by atoms with Gasteiger partial charge in [-0.05, 0) is 57.2 Å². The van der Waals surface area contributed by atoms with E-state index in [2.05, 4.69) is 6.92 Å². The fourth-order valence-electron chi connectivity index (χ4n) is 3.52. The highest BCUT2D eigenvalue weighted by Gasteiger charge is 2.46. The van der Waals surface area contributed by atoms with Crippen molar-refractivity contribution in [2.75, 3.05) is 0 Å². The van der Waals surface area contributed by atoms with E-state index in [1.807, 2.05) is 19.1 Å². The molecule has 1 atom stereocenters. The van der Waals surface area contributed by atoms with Crippen LogP contribution >= 0.6 is 11.6 Å². The lowest BCUT2D eigenvalue weighted by Gasteiger charge is -2.44. The lowest BCUT2D eigenvalue weighted by molar-refractivity contribution is 0.0224. The highest BCUT2D eigenvalue weighted by Crippen LogP contribution is 2.49. The summed E-state index contributed by atoms with van der Waals surface area (Å²) in [7, 11) is 0. The third-order valence-electron chi connectivity index (χ3n) is 4.41. The molecule has 1 aliphatic heterocycles. The molecule has 1 heterocycles. The minimum Gasteiger partial charge on any atom is -0.487 e. The number of benzene rings is 1. The molecule has 18 heavy (non-hydrogen) atoms. The average Bonchev–Trinajstić information content (AvgIpc) is 2.69. The van der Waals surface area contributed by atoms with E-state index < -0.39 is 0 Å². The van der Waals surface area contributed by atoms with Crippen LogP contribution in [0.5, 0.6) is 5.75 Å². The molecule has 98 valence electrons. The molecular formula is C15H20ClNO. The van der Waals surface area contributed by atoms with Gasteiger partial charge in [0.25, 0.3) is 0 Å². The largest absolute Gasteiger partial charge is 0.487 e. The Balaban J connectivity index is 2.10. The number of ether oxygens (including phenoxy) is 1. The van der Waals surface area contributed by atoms with E-state index in [-0.39, 0.29) is 11.1 Å². The summed E-state index contributed by atoms with van der Waals surface area (Å²) in [6, 6.07) is 4.02. The summed E-state index contributed by atoms with van der Waals surface area (Å²) in [4.78, 5) is 0. The van der Waals surface area contributed by atoms with Crippen molar-refractivity contribution >= 4 is 11.6 Å². The molecule has 0 saturated heterocycles. The number of aryl methyl sites for hydroxylation is 1. The molecule has 3 heteroatoms. The Morgan fingerprint density at radius 2 is 1.94 bits per heavy atom. The highest BCUT2D eigenvalue weighted by molar-refractivity contribution is 6.31. The van der Waals surface area contributed by atoms with Gasteiger partial charge >= 0.3 is 0 Å². The average molecular weight is 266 g/mol. The van der Waals surface area contributed by atoms with Gasteiger partial charge in [0, 0.05) is 22.5 Å². The summed E-state index contributed by atoms with van der Waals surface area (Å²) in [6.45, 7) is 4.11. The number of hydrogen-bond donors (Lipinski definition) is 1. The van der Waals surface area contributed by atoms with Gasteiger partial charge in [-0.2, -0.15) is 0 Å².